The zero-order valence-electron chi connectivity index (χ0n) is 10.7. The number of carbonyl (C=O) groups excluding carboxylic acids is 1. The Morgan fingerprint density at radius 2 is 2.22 bits per heavy atom. The molecule has 0 spiro atoms. The van der Waals surface area contributed by atoms with Gasteiger partial charge in [0.05, 0.1) is 24.0 Å². The lowest BCUT2D eigenvalue weighted by atomic mass is 10.1. The van der Waals surface area contributed by atoms with E-state index in [1.54, 1.807) is 24.5 Å². The summed E-state index contributed by atoms with van der Waals surface area (Å²) in [5.41, 5.74) is 7.20. The van der Waals surface area contributed by atoms with Gasteiger partial charge in [0, 0.05) is 28.9 Å². The van der Waals surface area contributed by atoms with Crippen LogP contribution in [-0.2, 0) is 15.5 Å². The van der Waals surface area contributed by atoms with Crippen LogP contribution < -0.4 is 11.1 Å². The van der Waals surface area contributed by atoms with Gasteiger partial charge < -0.3 is 15.8 Å². The molecule has 100 valence electrons. The van der Waals surface area contributed by atoms with E-state index < -0.39 is 16.8 Å². The lowest BCUT2D eigenvalue weighted by molar-refractivity contribution is 0.0602. The number of anilines is 2. The van der Waals surface area contributed by atoms with Gasteiger partial charge in [-0.1, -0.05) is 6.07 Å². The summed E-state index contributed by atoms with van der Waals surface area (Å²) in [7, 11) is 0.408. The molecule has 0 aromatic heterocycles. The average Bonchev–Trinajstić information content (AvgIpc) is 2.36. The van der Waals surface area contributed by atoms with Gasteiger partial charge in [-0.05, 0) is 19.1 Å². The number of esters is 1. The van der Waals surface area contributed by atoms with Crippen LogP contribution in [0.2, 0.25) is 0 Å². The summed E-state index contributed by atoms with van der Waals surface area (Å²) in [4.78, 5) is 11.5. The molecule has 3 N–H and O–H groups in total. The number of ether oxygens (including phenoxy) is 1. The van der Waals surface area contributed by atoms with Crippen LogP contribution in [0.25, 0.3) is 0 Å². The topological polar surface area (TPSA) is 81.4 Å². The van der Waals surface area contributed by atoms with Crippen LogP contribution in [0.15, 0.2) is 18.2 Å². The molecule has 0 radical (unpaired) electrons. The molecule has 1 aromatic carbocycles. The second-order valence-electron chi connectivity index (χ2n) is 3.95. The molecule has 0 amide bonds. The number of hydrogen-bond acceptors (Lipinski definition) is 5. The van der Waals surface area contributed by atoms with Crippen molar-refractivity contribution in [1.29, 1.82) is 0 Å². The van der Waals surface area contributed by atoms with E-state index in [-0.39, 0.29) is 5.25 Å². The highest BCUT2D eigenvalue weighted by molar-refractivity contribution is 7.84. The first-order valence-electron chi connectivity index (χ1n) is 5.50. The van der Waals surface area contributed by atoms with Gasteiger partial charge in [-0.15, -0.1) is 0 Å². The van der Waals surface area contributed by atoms with E-state index in [0.29, 0.717) is 23.5 Å². The first-order valence-corrected chi connectivity index (χ1v) is 7.12. The van der Waals surface area contributed by atoms with Gasteiger partial charge in [0.25, 0.3) is 0 Å². The molecule has 18 heavy (non-hydrogen) atoms. The minimum absolute atomic E-state index is 0.00572. The molecular formula is C12H18N2O3S. The van der Waals surface area contributed by atoms with Crippen molar-refractivity contribution in [2.75, 3.05) is 31.0 Å². The van der Waals surface area contributed by atoms with Crippen LogP contribution in [0.1, 0.15) is 17.3 Å². The van der Waals surface area contributed by atoms with E-state index in [9.17, 15) is 9.00 Å². The minimum atomic E-state index is -0.901. The zero-order chi connectivity index (χ0) is 13.7. The van der Waals surface area contributed by atoms with Crippen molar-refractivity contribution in [1.82, 2.24) is 0 Å². The molecule has 5 nitrogen and oxygen atoms in total. The summed E-state index contributed by atoms with van der Waals surface area (Å²) in [6, 6.07) is 5.10. The van der Waals surface area contributed by atoms with Crippen molar-refractivity contribution in [2.24, 2.45) is 0 Å². The van der Waals surface area contributed by atoms with Gasteiger partial charge in [-0.3, -0.25) is 4.21 Å². The molecule has 2 atom stereocenters. The average molecular weight is 270 g/mol. The van der Waals surface area contributed by atoms with Crippen molar-refractivity contribution in [2.45, 2.75) is 12.2 Å². The Balaban J connectivity index is 2.84. The van der Waals surface area contributed by atoms with E-state index in [2.05, 4.69) is 10.1 Å². The molecule has 6 heteroatoms. The molecule has 0 aliphatic heterocycles. The number of para-hydroxylation sites is 1. The maximum atomic E-state index is 11.5. The summed E-state index contributed by atoms with van der Waals surface area (Å²) >= 11 is 0. The maximum Gasteiger partial charge on any atom is 0.340 e. The molecule has 0 fully saturated rings. The summed E-state index contributed by atoms with van der Waals surface area (Å²) in [5.74, 6) is -0.469. The van der Waals surface area contributed by atoms with Crippen LogP contribution in [0.4, 0.5) is 11.4 Å². The van der Waals surface area contributed by atoms with Crippen molar-refractivity contribution < 1.29 is 13.7 Å². The fraction of sp³-hybridized carbons (Fsp3) is 0.417. The quantitative estimate of drug-likeness (QED) is 0.621. The molecule has 0 aliphatic rings. The van der Waals surface area contributed by atoms with Crippen LogP contribution in [0, 0.1) is 0 Å². The highest BCUT2D eigenvalue weighted by Crippen LogP contribution is 2.23. The Labute approximate surface area is 109 Å². The Bertz CT molecular complexity index is 463. The first kappa shape index (κ1) is 14.5. The van der Waals surface area contributed by atoms with E-state index in [0.717, 1.165) is 0 Å². The van der Waals surface area contributed by atoms with Gasteiger partial charge in [0.15, 0.2) is 0 Å². The van der Waals surface area contributed by atoms with Gasteiger partial charge in [-0.25, -0.2) is 4.79 Å². The van der Waals surface area contributed by atoms with Crippen LogP contribution in [0.3, 0.4) is 0 Å². The predicted molar refractivity (Wildman–Crippen MR) is 74.2 cm³/mol. The van der Waals surface area contributed by atoms with Crippen molar-refractivity contribution in [3.8, 4) is 0 Å². The van der Waals surface area contributed by atoms with E-state index >= 15 is 0 Å². The van der Waals surface area contributed by atoms with Crippen LogP contribution in [-0.4, -0.2) is 35.3 Å². The van der Waals surface area contributed by atoms with Crippen molar-refractivity contribution >= 4 is 28.1 Å². The summed E-state index contributed by atoms with van der Waals surface area (Å²) in [6.07, 6.45) is 1.65. The zero-order valence-corrected chi connectivity index (χ0v) is 11.5. The summed E-state index contributed by atoms with van der Waals surface area (Å²) in [6.45, 7) is 2.40. The number of nitrogens with one attached hydrogen (secondary N) is 1. The molecule has 0 saturated heterocycles. The molecule has 0 heterocycles. The van der Waals surface area contributed by atoms with Gasteiger partial charge in [0.1, 0.15) is 0 Å². The predicted octanol–water partition coefficient (Wildman–Crippen LogP) is 1.23. The normalized spacial score (nSPS) is 13.7. The minimum Gasteiger partial charge on any atom is -0.465 e. The highest BCUT2D eigenvalue weighted by Gasteiger charge is 2.13. The van der Waals surface area contributed by atoms with Gasteiger partial charge in [0.2, 0.25) is 0 Å². The third kappa shape index (κ3) is 3.46. The summed E-state index contributed by atoms with van der Waals surface area (Å²) < 4.78 is 15.9. The Hall–Kier alpha value is -1.56. The lowest BCUT2D eigenvalue weighted by Crippen LogP contribution is -2.21. The maximum absolute atomic E-state index is 11.5. The number of benzene rings is 1. The Morgan fingerprint density at radius 1 is 1.56 bits per heavy atom. The van der Waals surface area contributed by atoms with Gasteiger partial charge in [-0.2, -0.15) is 0 Å². The number of methoxy groups -OCH3 is 1. The smallest absolute Gasteiger partial charge is 0.340 e. The number of hydrogen-bond donors (Lipinski definition) is 2. The molecule has 0 aliphatic carbocycles. The number of nitrogens with two attached hydrogens (primary N) is 1. The third-order valence-corrected chi connectivity index (χ3v) is 3.96. The summed E-state index contributed by atoms with van der Waals surface area (Å²) in [5, 5.41) is 3.09. The molecule has 1 aromatic rings. The third-order valence-electron chi connectivity index (χ3n) is 2.66. The van der Waals surface area contributed by atoms with E-state index in [1.807, 2.05) is 6.92 Å². The van der Waals surface area contributed by atoms with Crippen LogP contribution in [0.5, 0.6) is 0 Å². The van der Waals surface area contributed by atoms with E-state index in [1.165, 1.54) is 7.11 Å². The SMILES string of the molecule is COC(=O)c1cccc(NCC(C)S(C)=O)c1N. The Morgan fingerprint density at radius 3 is 2.78 bits per heavy atom. The first-order chi connectivity index (χ1) is 8.47. The molecule has 2 unspecified atom stereocenters. The number of carbonyl (C=O) groups is 1. The molecule has 0 bridgehead atoms. The van der Waals surface area contributed by atoms with E-state index in [4.69, 9.17) is 5.73 Å². The number of nitrogen functional groups attached to an aromatic ring is 1. The Kier molecular flexibility index (Phi) is 5.15. The fourth-order valence-electron chi connectivity index (χ4n) is 1.38. The van der Waals surface area contributed by atoms with Crippen molar-refractivity contribution in [3.63, 3.8) is 0 Å². The fourth-order valence-corrected chi connectivity index (χ4v) is 1.70. The van der Waals surface area contributed by atoms with Crippen molar-refractivity contribution in [3.05, 3.63) is 23.8 Å². The standard InChI is InChI=1S/C12H18N2O3S/c1-8(18(3)16)7-14-10-6-4-5-9(11(10)13)12(15)17-2/h4-6,8,14H,7,13H2,1-3H3. The molecular weight excluding hydrogens is 252 g/mol. The number of rotatable bonds is 5. The molecule has 1 rings (SSSR count). The second kappa shape index (κ2) is 6.39. The monoisotopic (exact) mass is 270 g/mol. The second-order valence-corrected chi connectivity index (χ2v) is 5.75. The van der Waals surface area contributed by atoms with Crippen LogP contribution >= 0.6 is 0 Å². The molecule has 0 saturated carbocycles. The lowest BCUT2D eigenvalue weighted by Gasteiger charge is -2.14. The van der Waals surface area contributed by atoms with Gasteiger partial charge >= 0.3 is 5.97 Å². The largest absolute Gasteiger partial charge is 0.465 e. The highest BCUT2D eigenvalue weighted by atomic mass is 32.2.